The number of alkyl halides is 4. The van der Waals surface area contributed by atoms with Crippen molar-refractivity contribution in [1.29, 1.82) is 0 Å². The highest BCUT2D eigenvalue weighted by Crippen LogP contribution is 2.48. The second kappa shape index (κ2) is 4.92. The fourth-order valence-corrected chi connectivity index (χ4v) is 1.86. The van der Waals surface area contributed by atoms with Crippen LogP contribution in [0.25, 0.3) is 0 Å². The zero-order valence-electron chi connectivity index (χ0n) is 9.58. The second-order valence-electron chi connectivity index (χ2n) is 3.71. The van der Waals surface area contributed by atoms with Crippen LogP contribution in [-0.2, 0) is 0 Å². The van der Waals surface area contributed by atoms with Crippen LogP contribution in [0.4, 0.5) is 32.8 Å². The van der Waals surface area contributed by atoms with E-state index in [1.165, 1.54) is 0 Å². The topological polar surface area (TPSA) is 55.8 Å². The van der Waals surface area contributed by atoms with Crippen LogP contribution < -0.4 is 14.4 Å². The lowest BCUT2D eigenvalue weighted by Crippen LogP contribution is -2.52. The number of imide groups is 1. The molecule has 1 aromatic rings. The number of benzene rings is 1. The van der Waals surface area contributed by atoms with Gasteiger partial charge in [-0.15, -0.1) is 0 Å². The Morgan fingerprint density at radius 3 is 1.90 bits per heavy atom. The van der Waals surface area contributed by atoms with Gasteiger partial charge in [0.2, 0.25) is 0 Å². The van der Waals surface area contributed by atoms with E-state index in [4.69, 9.17) is 23.2 Å². The number of nitrogens with zero attached hydrogens (tertiary/aromatic N) is 1. The summed E-state index contributed by atoms with van der Waals surface area (Å²) in [6.45, 7) is 0. The molecule has 2 rings (SSSR count). The first-order valence-corrected chi connectivity index (χ1v) is 5.77. The lowest BCUT2D eigenvalue weighted by Gasteiger charge is -2.32. The van der Waals surface area contributed by atoms with Crippen molar-refractivity contribution in [2.24, 2.45) is 0 Å². The highest BCUT2D eigenvalue weighted by molar-refractivity contribution is 6.76. The molecule has 0 N–H and O–H groups in total. The third-order valence-corrected chi connectivity index (χ3v) is 2.69. The van der Waals surface area contributed by atoms with E-state index in [1.54, 1.807) is 0 Å². The number of amides is 2. The van der Waals surface area contributed by atoms with Gasteiger partial charge in [0.1, 0.15) is 0 Å². The molecule has 0 aliphatic carbocycles. The quantitative estimate of drug-likeness (QED) is 0.434. The molecule has 0 fully saturated rings. The van der Waals surface area contributed by atoms with Crippen molar-refractivity contribution in [2.75, 3.05) is 4.90 Å². The molecule has 1 aliphatic rings. The summed E-state index contributed by atoms with van der Waals surface area (Å²) in [6.07, 6.45) is -9.80. The van der Waals surface area contributed by atoms with E-state index in [1.807, 2.05) is 0 Å². The highest BCUT2D eigenvalue weighted by Gasteiger charge is 2.66. The van der Waals surface area contributed by atoms with Gasteiger partial charge in [-0.2, -0.15) is 17.6 Å². The zero-order chi connectivity index (χ0) is 16.0. The molecule has 0 radical (unpaired) electrons. The fraction of sp³-hybridized carbons (Fsp3) is 0.200. The first-order valence-electron chi connectivity index (χ1n) is 5.02. The maximum atomic E-state index is 13.0. The predicted molar refractivity (Wildman–Crippen MR) is 62.6 cm³/mol. The van der Waals surface area contributed by atoms with Crippen molar-refractivity contribution in [3.8, 4) is 11.5 Å². The SMILES string of the molecule is O=C(Cl)N(C(=O)Cl)c1ccc2c(c1)OC(F)(F)C(F)(F)O2. The van der Waals surface area contributed by atoms with Crippen LogP contribution in [0, 0.1) is 0 Å². The monoisotopic (exact) mass is 347 g/mol. The van der Waals surface area contributed by atoms with E-state index < -0.39 is 34.4 Å². The second-order valence-corrected chi connectivity index (χ2v) is 4.36. The van der Waals surface area contributed by atoms with Gasteiger partial charge in [-0.1, -0.05) is 0 Å². The lowest BCUT2D eigenvalue weighted by atomic mass is 10.2. The number of hydrogen-bond donors (Lipinski definition) is 0. The summed E-state index contributed by atoms with van der Waals surface area (Å²) in [6, 6.07) is 2.40. The normalized spacial score (nSPS) is 18.0. The zero-order valence-corrected chi connectivity index (χ0v) is 11.1. The van der Waals surface area contributed by atoms with Gasteiger partial charge in [0, 0.05) is 6.07 Å². The Kier molecular flexibility index (Phi) is 3.66. The predicted octanol–water partition coefficient (Wildman–Crippen LogP) is 4.17. The Morgan fingerprint density at radius 1 is 0.952 bits per heavy atom. The number of hydrogen-bond acceptors (Lipinski definition) is 4. The molecule has 0 atom stereocenters. The van der Waals surface area contributed by atoms with Gasteiger partial charge < -0.3 is 9.47 Å². The third kappa shape index (κ3) is 2.70. The average Bonchev–Trinajstić information content (AvgIpc) is 2.29. The Morgan fingerprint density at radius 2 is 1.43 bits per heavy atom. The van der Waals surface area contributed by atoms with E-state index in [0.29, 0.717) is 6.07 Å². The van der Waals surface area contributed by atoms with Crippen LogP contribution in [0.3, 0.4) is 0 Å². The molecule has 21 heavy (non-hydrogen) atoms. The van der Waals surface area contributed by atoms with Crippen molar-refractivity contribution in [1.82, 2.24) is 0 Å². The molecule has 0 saturated heterocycles. The van der Waals surface area contributed by atoms with Gasteiger partial charge in [0.15, 0.2) is 11.5 Å². The molecule has 5 nitrogen and oxygen atoms in total. The van der Waals surface area contributed by atoms with E-state index in [0.717, 1.165) is 12.1 Å². The standard InChI is InChI=1S/C10H3Cl2F4NO4/c11-7(18)17(8(12)19)4-1-2-5-6(3-4)21-10(15,16)9(13,14)20-5/h1-3H. The van der Waals surface area contributed by atoms with Gasteiger partial charge in [-0.3, -0.25) is 9.59 Å². The summed E-state index contributed by atoms with van der Waals surface area (Å²) in [5.41, 5.74) is -0.363. The van der Waals surface area contributed by atoms with E-state index in [9.17, 15) is 27.2 Å². The van der Waals surface area contributed by atoms with E-state index >= 15 is 0 Å². The lowest BCUT2D eigenvalue weighted by molar-refractivity contribution is -0.391. The molecule has 0 spiro atoms. The minimum Gasteiger partial charge on any atom is -0.421 e. The summed E-state index contributed by atoms with van der Waals surface area (Å²) in [5, 5.41) is -2.66. The molecule has 0 aromatic heterocycles. The van der Waals surface area contributed by atoms with Crippen LogP contribution in [0.1, 0.15) is 0 Å². The van der Waals surface area contributed by atoms with Gasteiger partial charge in [-0.05, 0) is 35.3 Å². The van der Waals surface area contributed by atoms with Crippen LogP contribution in [0.5, 0.6) is 11.5 Å². The van der Waals surface area contributed by atoms with Crippen LogP contribution in [0.2, 0.25) is 0 Å². The Labute approximate surface area is 123 Å². The molecule has 1 heterocycles. The van der Waals surface area contributed by atoms with Crippen molar-refractivity contribution < 1.29 is 36.6 Å². The average molecular weight is 348 g/mol. The Balaban J connectivity index is 2.46. The summed E-state index contributed by atoms with van der Waals surface area (Å²) in [7, 11) is 0. The minimum absolute atomic E-state index is 0.206. The van der Waals surface area contributed by atoms with Crippen molar-refractivity contribution >= 4 is 39.6 Å². The number of carbonyl (C=O) groups excluding carboxylic acids is 2. The van der Waals surface area contributed by atoms with Gasteiger partial charge in [0.05, 0.1) is 5.69 Å². The van der Waals surface area contributed by atoms with Gasteiger partial charge in [0.25, 0.3) is 0 Å². The molecule has 2 amide bonds. The summed E-state index contributed by atoms with van der Waals surface area (Å²) in [4.78, 5) is 22.3. The molecular weight excluding hydrogens is 345 g/mol. The minimum atomic E-state index is -4.93. The highest BCUT2D eigenvalue weighted by atomic mass is 35.5. The number of anilines is 1. The molecule has 114 valence electrons. The van der Waals surface area contributed by atoms with Gasteiger partial charge in [-0.25, -0.2) is 4.90 Å². The maximum absolute atomic E-state index is 13.0. The van der Waals surface area contributed by atoms with Crippen LogP contribution in [0.15, 0.2) is 18.2 Å². The smallest absolute Gasteiger partial charge is 0.421 e. The summed E-state index contributed by atoms with van der Waals surface area (Å²) < 4.78 is 59.5. The number of fused-ring (bicyclic) bond motifs is 1. The molecule has 0 bridgehead atoms. The Hall–Kier alpha value is -1.74. The molecule has 1 aliphatic heterocycles. The molecular formula is C10H3Cl2F4NO4. The fourth-order valence-electron chi connectivity index (χ4n) is 1.47. The maximum Gasteiger partial charge on any atom is 0.507 e. The van der Waals surface area contributed by atoms with Gasteiger partial charge >= 0.3 is 22.9 Å². The summed E-state index contributed by atoms with van der Waals surface area (Å²) >= 11 is 10.2. The number of halogens is 6. The Bertz CT molecular complexity index is 611. The molecule has 11 heteroatoms. The molecule has 0 saturated carbocycles. The van der Waals surface area contributed by atoms with Crippen LogP contribution in [-0.4, -0.2) is 22.9 Å². The molecule has 1 aromatic carbocycles. The van der Waals surface area contributed by atoms with Crippen LogP contribution >= 0.6 is 23.2 Å². The first-order chi connectivity index (χ1) is 9.55. The largest absolute Gasteiger partial charge is 0.507 e. The third-order valence-electron chi connectivity index (χ3n) is 2.35. The number of carbonyl (C=O) groups is 2. The first kappa shape index (κ1) is 15.6. The molecule has 0 unspecified atom stereocenters. The number of ether oxygens (including phenoxy) is 2. The number of rotatable bonds is 1. The van der Waals surface area contributed by atoms with Crippen molar-refractivity contribution in [2.45, 2.75) is 12.2 Å². The van der Waals surface area contributed by atoms with Crippen molar-refractivity contribution in [3.63, 3.8) is 0 Å². The van der Waals surface area contributed by atoms with E-state index in [-0.39, 0.29) is 10.6 Å². The van der Waals surface area contributed by atoms with Crippen molar-refractivity contribution in [3.05, 3.63) is 18.2 Å². The van der Waals surface area contributed by atoms with E-state index in [2.05, 4.69) is 9.47 Å². The summed E-state index contributed by atoms with van der Waals surface area (Å²) in [5.74, 6) is -1.53.